The van der Waals surface area contributed by atoms with Gasteiger partial charge >= 0.3 is 6.18 Å². The molecule has 2 unspecified atom stereocenters. The number of amides is 1. The second-order valence-electron chi connectivity index (χ2n) is 7.13. The zero-order valence-corrected chi connectivity index (χ0v) is 14.9. The zero-order chi connectivity index (χ0) is 18.7. The highest BCUT2D eigenvalue weighted by molar-refractivity contribution is 5.77. The van der Waals surface area contributed by atoms with E-state index >= 15 is 0 Å². The topological polar surface area (TPSA) is 48.5 Å². The molecule has 2 aliphatic heterocycles. The monoisotopic (exact) mass is 370 g/mol. The van der Waals surface area contributed by atoms with Crippen molar-refractivity contribution < 1.29 is 18.0 Å². The summed E-state index contributed by atoms with van der Waals surface area (Å²) in [5.41, 5.74) is -0.0682. The fourth-order valence-corrected chi connectivity index (χ4v) is 4.04. The van der Waals surface area contributed by atoms with Crippen LogP contribution >= 0.6 is 0 Å². The quantitative estimate of drug-likeness (QED) is 0.863. The van der Waals surface area contributed by atoms with Crippen LogP contribution in [0.25, 0.3) is 0 Å². The van der Waals surface area contributed by atoms with Crippen LogP contribution in [0.15, 0.2) is 18.3 Å². The molecule has 1 N–H and O–H groups in total. The molecular weight excluding hydrogens is 345 g/mol. The van der Waals surface area contributed by atoms with Gasteiger partial charge in [-0.05, 0) is 37.4 Å². The lowest BCUT2D eigenvalue weighted by Crippen LogP contribution is -2.56. The molecular formula is C18H25F3N4O. The summed E-state index contributed by atoms with van der Waals surface area (Å²) in [6.45, 7) is 3.83. The van der Waals surface area contributed by atoms with Gasteiger partial charge in [0.15, 0.2) is 0 Å². The van der Waals surface area contributed by atoms with Gasteiger partial charge in [-0.3, -0.25) is 14.7 Å². The third-order valence-corrected chi connectivity index (χ3v) is 5.35. The fraction of sp³-hybridized carbons (Fsp3) is 0.667. The van der Waals surface area contributed by atoms with E-state index in [1.54, 1.807) is 0 Å². The molecule has 0 spiro atoms. The molecule has 0 aliphatic carbocycles. The van der Waals surface area contributed by atoms with Gasteiger partial charge in [-0.15, -0.1) is 0 Å². The Morgan fingerprint density at radius 2 is 2.12 bits per heavy atom. The molecule has 0 radical (unpaired) electrons. The van der Waals surface area contributed by atoms with Gasteiger partial charge in [0.05, 0.1) is 0 Å². The van der Waals surface area contributed by atoms with E-state index in [0.29, 0.717) is 18.9 Å². The van der Waals surface area contributed by atoms with Crippen molar-refractivity contribution in [2.45, 2.75) is 38.0 Å². The first-order valence-corrected chi connectivity index (χ1v) is 9.07. The van der Waals surface area contributed by atoms with E-state index in [0.717, 1.165) is 50.7 Å². The van der Waals surface area contributed by atoms with Gasteiger partial charge in [-0.2, -0.15) is 13.2 Å². The summed E-state index contributed by atoms with van der Waals surface area (Å²) in [4.78, 5) is 20.0. The fourth-order valence-electron chi connectivity index (χ4n) is 4.04. The number of piperidine rings is 2. The highest BCUT2D eigenvalue weighted by atomic mass is 19.4. The number of likely N-dealkylation sites (N-methyl/N-ethyl adjacent to an activating group) is 1. The Bertz CT molecular complexity index is 620. The minimum atomic E-state index is -4.40. The number of hydrogen-bond acceptors (Lipinski definition) is 4. The number of nitrogens with zero attached hydrogens (tertiary/aromatic N) is 3. The smallest absolute Gasteiger partial charge is 0.338 e. The predicted molar refractivity (Wildman–Crippen MR) is 91.3 cm³/mol. The summed E-state index contributed by atoms with van der Waals surface area (Å²) in [6, 6.07) is 2.83. The largest absolute Gasteiger partial charge is 0.433 e. The van der Waals surface area contributed by atoms with Crippen molar-refractivity contribution in [3.8, 4) is 0 Å². The van der Waals surface area contributed by atoms with Crippen LogP contribution in [0.3, 0.4) is 0 Å². The molecule has 26 heavy (non-hydrogen) atoms. The van der Waals surface area contributed by atoms with Crippen molar-refractivity contribution in [3.63, 3.8) is 0 Å². The van der Waals surface area contributed by atoms with Crippen LogP contribution in [0.2, 0.25) is 0 Å². The van der Waals surface area contributed by atoms with Gasteiger partial charge < -0.3 is 10.2 Å². The Balaban J connectivity index is 1.59. The van der Waals surface area contributed by atoms with Crippen molar-refractivity contribution in [1.82, 2.24) is 20.1 Å². The molecule has 2 saturated heterocycles. The molecule has 2 fully saturated rings. The van der Waals surface area contributed by atoms with Crippen molar-refractivity contribution in [2.75, 3.05) is 33.2 Å². The van der Waals surface area contributed by atoms with Gasteiger partial charge in [0, 0.05) is 51.4 Å². The Hall–Kier alpha value is -1.67. The first-order chi connectivity index (χ1) is 12.4. The van der Waals surface area contributed by atoms with Gasteiger partial charge in [0.2, 0.25) is 5.91 Å². The maximum absolute atomic E-state index is 12.6. The highest BCUT2D eigenvalue weighted by Gasteiger charge is 2.39. The number of carbonyl (C=O) groups excluding carboxylic acids is 1. The average Bonchev–Trinajstić information content (AvgIpc) is 2.61. The Morgan fingerprint density at radius 1 is 1.31 bits per heavy atom. The van der Waals surface area contributed by atoms with Crippen LogP contribution in [0.4, 0.5) is 13.2 Å². The predicted octanol–water partition coefficient (Wildman–Crippen LogP) is 2.13. The summed E-state index contributed by atoms with van der Waals surface area (Å²) in [5.74, 6) is 0.669. The van der Waals surface area contributed by atoms with Crippen molar-refractivity contribution in [2.24, 2.45) is 5.92 Å². The number of aromatic nitrogens is 1. The Morgan fingerprint density at radius 3 is 2.77 bits per heavy atom. The van der Waals surface area contributed by atoms with Crippen LogP contribution in [0.1, 0.15) is 30.5 Å². The van der Waals surface area contributed by atoms with Crippen molar-refractivity contribution in [3.05, 3.63) is 29.6 Å². The number of fused-ring (bicyclic) bond motifs is 1. The van der Waals surface area contributed by atoms with E-state index in [1.807, 2.05) is 11.9 Å². The molecule has 144 valence electrons. The summed E-state index contributed by atoms with van der Waals surface area (Å²) in [5, 5.41) is 3.10. The third kappa shape index (κ3) is 4.35. The Labute approximate surface area is 151 Å². The number of halogens is 3. The molecule has 5 nitrogen and oxygen atoms in total. The van der Waals surface area contributed by atoms with Gasteiger partial charge in [-0.1, -0.05) is 6.07 Å². The molecule has 1 amide bonds. The van der Waals surface area contributed by atoms with Gasteiger partial charge in [0.25, 0.3) is 0 Å². The lowest BCUT2D eigenvalue weighted by molar-refractivity contribution is -0.142. The SMILES string of the molecule is CNCCN1C(=O)CCC2CN(Cc3ccc(C(F)(F)F)nc3)CCC21. The van der Waals surface area contributed by atoms with Crippen LogP contribution in [0, 0.1) is 5.92 Å². The van der Waals surface area contributed by atoms with E-state index in [4.69, 9.17) is 0 Å². The maximum atomic E-state index is 12.6. The van der Waals surface area contributed by atoms with Crippen molar-refractivity contribution >= 4 is 5.91 Å². The molecule has 3 rings (SSSR count). The molecule has 1 aromatic rings. The summed E-state index contributed by atoms with van der Waals surface area (Å²) in [6.07, 6.45) is -0.698. The first-order valence-electron chi connectivity index (χ1n) is 9.07. The molecule has 1 aromatic heterocycles. The van der Waals surface area contributed by atoms with Gasteiger partial charge in [-0.25, -0.2) is 0 Å². The van der Waals surface area contributed by atoms with E-state index in [2.05, 4.69) is 15.2 Å². The minimum Gasteiger partial charge on any atom is -0.338 e. The molecule has 2 aliphatic rings. The lowest BCUT2D eigenvalue weighted by Gasteiger charge is -2.47. The molecule has 2 atom stereocenters. The maximum Gasteiger partial charge on any atom is 0.433 e. The third-order valence-electron chi connectivity index (χ3n) is 5.35. The number of carbonyl (C=O) groups is 1. The normalized spacial score (nSPS) is 24.6. The molecule has 8 heteroatoms. The van der Waals surface area contributed by atoms with E-state index in [9.17, 15) is 18.0 Å². The van der Waals surface area contributed by atoms with E-state index < -0.39 is 11.9 Å². The summed E-state index contributed by atoms with van der Waals surface area (Å²) < 4.78 is 37.8. The minimum absolute atomic E-state index is 0.238. The molecule has 0 bridgehead atoms. The number of alkyl halides is 3. The first kappa shape index (κ1) is 19.1. The zero-order valence-electron chi connectivity index (χ0n) is 14.9. The van der Waals surface area contributed by atoms with Crippen LogP contribution in [-0.2, 0) is 17.5 Å². The van der Waals surface area contributed by atoms with Crippen LogP contribution < -0.4 is 5.32 Å². The van der Waals surface area contributed by atoms with E-state index in [1.165, 1.54) is 12.3 Å². The second kappa shape index (κ2) is 7.92. The number of likely N-dealkylation sites (tertiary alicyclic amines) is 2. The highest BCUT2D eigenvalue weighted by Crippen LogP contribution is 2.32. The van der Waals surface area contributed by atoms with Gasteiger partial charge in [0.1, 0.15) is 5.69 Å². The Kier molecular flexibility index (Phi) is 5.82. The molecule has 3 heterocycles. The number of nitrogens with one attached hydrogen (secondary N) is 1. The lowest BCUT2D eigenvalue weighted by atomic mass is 9.83. The average molecular weight is 370 g/mol. The number of rotatable bonds is 5. The standard InChI is InChI=1S/C18H25F3N4O/c1-22-7-9-25-15-6-8-24(12-14(15)3-5-17(25)26)11-13-2-4-16(23-10-13)18(19,20)21/h2,4,10,14-15,22H,3,5-9,11-12H2,1H3. The number of hydrogen-bond donors (Lipinski definition) is 1. The molecule has 0 aromatic carbocycles. The summed E-state index contributed by atoms with van der Waals surface area (Å²) in [7, 11) is 1.88. The van der Waals surface area contributed by atoms with Crippen LogP contribution in [0.5, 0.6) is 0 Å². The number of pyridine rings is 1. The molecule has 0 saturated carbocycles. The van der Waals surface area contributed by atoms with E-state index in [-0.39, 0.29) is 11.9 Å². The summed E-state index contributed by atoms with van der Waals surface area (Å²) >= 11 is 0. The second-order valence-corrected chi connectivity index (χ2v) is 7.13. The van der Waals surface area contributed by atoms with Crippen molar-refractivity contribution in [1.29, 1.82) is 0 Å². The van der Waals surface area contributed by atoms with Crippen LogP contribution in [-0.4, -0.2) is 60.0 Å².